The van der Waals surface area contributed by atoms with Crippen molar-refractivity contribution in [3.63, 3.8) is 0 Å². The van der Waals surface area contributed by atoms with Crippen LogP contribution in [0.1, 0.15) is 69.3 Å². The minimum Gasteiger partial charge on any atom is -0.444 e. The Bertz CT molecular complexity index is 590. The molecule has 0 saturated heterocycles. The molecule has 2 atom stereocenters. The molecule has 0 bridgehead atoms. The SMILES string of the molecule is C[C@@H]1CCCC[C@@H]1NC(=O)c1ccc(CNC(=O)OC(C)(C)C)cc1. The van der Waals surface area contributed by atoms with Crippen molar-refractivity contribution in [3.8, 4) is 0 Å². The molecule has 2 amide bonds. The first-order chi connectivity index (χ1) is 11.7. The lowest BCUT2D eigenvalue weighted by atomic mass is 9.86. The zero-order valence-corrected chi connectivity index (χ0v) is 15.7. The maximum atomic E-state index is 12.4. The van der Waals surface area contributed by atoms with Gasteiger partial charge in [0.15, 0.2) is 0 Å². The highest BCUT2D eigenvalue weighted by atomic mass is 16.6. The van der Waals surface area contributed by atoms with Gasteiger partial charge in [-0.2, -0.15) is 0 Å². The predicted molar refractivity (Wildman–Crippen MR) is 98.4 cm³/mol. The summed E-state index contributed by atoms with van der Waals surface area (Å²) in [4.78, 5) is 24.1. The smallest absolute Gasteiger partial charge is 0.407 e. The molecule has 138 valence electrons. The van der Waals surface area contributed by atoms with Crippen LogP contribution in [0.2, 0.25) is 0 Å². The zero-order chi connectivity index (χ0) is 18.4. The molecule has 2 N–H and O–H groups in total. The Hall–Kier alpha value is -2.04. The number of ether oxygens (including phenoxy) is 1. The fourth-order valence-electron chi connectivity index (χ4n) is 3.04. The van der Waals surface area contributed by atoms with Gasteiger partial charge in [0.05, 0.1) is 0 Å². The van der Waals surface area contributed by atoms with E-state index in [0.29, 0.717) is 18.0 Å². The summed E-state index contributed by atoms with van der Waals surface area (Å²) in [5.74, 6) is 0.514. The standard InChI is InChI=1S/C20H30N2O3/c1-14-7-5-6-8-17(14)22-18(23)16-11-9-15(10-12-16)13-21-19(24)25-20(2,3)4/h9-12,14,17H,5-8,13H2,1-4H3,(H,21,24)(H,22,23)/t14-,17+/m1/s1. The van der Waals surface area contributed by atoms with Crippen molar-refractivity contribution in [2.24, 2.45) is 5.92 Å². The van der Waals surface area contributed by atoms with Crippen LogP contribution in [-0.2, 0) is 11.3 Å². The molecule has 0 unspecified atom stereocenters. The molecule has 5 heteroatoms. The number of hydrogen-bond donors (Lipinski definition) is 2. The highest BCUT2D eigenvalue weighted by Crippen LogP contribution is 2.24. The van der Waals surface area contributed by atoms with Crippen LogP contribution in [0, 0.1) is 5.92 Å². The van der Waals surface area contributed by atoms with E-state index in [-0.39, 0.29) is 11.9 Å². The fourth-order valence-corrected chi connectivity index (χ4v) is 3.04. The van der Waals surface area contributed by atoms with Gasteiger partial charge in [0, 0.05) is 18.2 Å². The molecule has 1 aliphatic carbocycles. The first-order valence-electron chi connectivity index (χ1n) is 9.11. The molecule has 0 heterocycles. The first kappa shape index (κ1) is 19.3. The van der Waals surface area contributed by atoms with Crippen LogP contribution < -0.4 is 10.6 Å². The van der Waals surface area contributed by atoms with E-state index in [4.69, 9.17) is 4.74 Å². The molecule has 0 radical (unpaired) electrons. The Morgan fingerprint density at radius 3 is 2.36 bits per heavy atom. The number of nitrogens with one attached hydrogen (secondary N) is 2. The van der Waals surface area contributed by atoms with E-state index < -0.39 is 11.7 Å². The van der Waals surface area contributed by atoms with Gasteiger partial charge in [-0.1, -0.05) is 31.9 Å². The summed E-state index contributed by atoms with van der Waals surface area (Å²) in [7, 11) is 0. The summed E-state index contributed by atoms with van der Waals surface area (Å²) in [6.45, 7) is 8.06. The van der Waals surface area contributed by atoms with Crippen molar-refractivity contribution in [3.05, 3.63) is 35.4 Å². The summed E-state index contributed by atoms with van der Waals surface area (Å²) in [6, 6.07) is 7.59. The maximum absolute atomic E-state index is 12.4. The average molecular weight is 346 g/mol. The number of rotatable bonds is 4. The van der Waals surface area contributed by atoms with Crippen molar-refractivity contribution in [1.82, 2.24) is 10.6 Å². The molecule has 1 aliphatic rings. The van der Waals surface area contributed by atoms with Crippen LogP contribution in [0.3, 0.4) is 0 Å². The van der Waals surface area contributed by atoms with Gasteiger partial charge >= 0.3 is 6.09 Å². The molecule has 1 saturated carbocycles. The third-order valence-electron chi connectivity index (χ3n) is 4.48. The van der Waals surface area contributed by atoms with Gasteiger partial charge < -0.3 is 15.4 Å². The van der Waals surface area contributed by atoms with Gasteiger partial charge in [-0.25, -0.2) is 4.79 Å². The van der Waals surface area contributed by atoms with Crippen LogP contribution in [0.4, 0.5) is 4.79 Å². The van der Waals surface area contributed by atoms with Crippen molar-refractivity contribution in [2.45, 2.75) is 71.6 Å². The minimum absolute atomic E-state index is 0.0228. The zero-order valence-electron chi connectivity index (χ0n) is 15.7. The fraction of sp³-hybridized carbons (Fsp3) is 0.600. The lowest BCUT2D eigenvalue weighted by Crippen LogP contribution is -2.41. The topological polar surface area (TPSA) is 67.4 Å². The third kappa shape index (κ3) is 6.40. The second-order valence-corrected chi connectivity index (χ2v) is 7.89. The maximum Gasteiger partial charge on any atom is 0.407 e. The number of carbonyl (C=O) groups excluding carboxylic acids is 2. The van der Waals surface area contributed by atoms with Gasteiger partial charge in [0.1, 0.15) is 5.60 Å². The Morgan fingerprint density at radius 2 is 1.76 bits per heavy atom. The summed E-state index contributed by atoms with van der Waals surface area (Å²) < 4.78 is 5.20. The molecule has 0 aromatic heterocycles. The van der Waals surface area contributed by atoms with Crippen molar-refractivity contribution >= 4 is 12.0 Å². The second kappa shape index (κ2) is 8.37. The molecule has 2 rings (SSSR count). The van der Waals surface area contributed by atoms with Gasteiger partial charge in [-0.15, -0.1) is 0 Å². The van der Waals surface area contributed by atoms with E-state index in [1.807, 2.05) is 32.9 Å². The molecular formula is C20H30N2O3. The largest absolute Gasteiger partial charge is 0.444 e. The highest BCUT2D eigenvalue weighted by molar-refractivity contribution is 5.94. The average Bonchev–Trinajstić information content (AvgIpc) is 2.54. The molecule has 1 aromatic rings. The summed E-state index contributed by atoms with van der Waals surface area (Å²) in [6.07, 6.45) is 4.24. The van der Waals surface area contributed by atoms with Crippen LogP contribution in [0.25, 0.3) is 0 Å². The molecule has 25 heavy (non-hydrogen) atoms. The molecular weight excluding hydrogens is 316 g/mol. The lowest BCUT2D eigenvalue weighted by molar-refractivity contribution is 0.0523. The van der Waals surface area contributed by atoms with E-state index in [1.165, 1.54) is 19.3 Å². The lowest BCUT2D eigenvalue weighted by Gasteiger charge is -2.29. The summed E-state index contributed by atoms with van der Waals surface area (Å²) in [5.41, 5.74) is 1.06. The van der Waals surface area contributed by atoms with Crippen LogP contribution >= 0.6 is 0 Å². The Labute approximate surface area is 150 Å². The van der Waals surface area contributed by atoms with Crippen molar-refractivity contribution in [1.29, 1.82) is 0 Å². The van der Waals surface area contributed by atoms with Crippen LogP contribution in [0.5, 0.6) is 0 Å². The van der Waals surface area contributed by atoms with Crippen molar-refractivity contribution < 1.29 is 14.3 Å². The number of alkyl carbamates (subject to hydrolysis) is 1. The Balaban J connectivity index is 1.84. The minimum atomic E-state index is -0.512. The van der Waals surface area contributed by atoms with E-state index >= 15 is 0 Å². The second-order valence-electron chi connectivity index (χ2n) is 7.89. The monoisotopic (exact) mass is 346 g/mol. The number of carbonyl (C=O) groups is 2. The Kier molecular flexibility index (Phi) is 6.45. The summed E-state index contributed by atoms with van der Waals surface area (Å²) in [5, 5.41) is 5.87. The van der Waals surface area contributed by atoms with Gasteiger partial charge in [0.25, 0.3) is 5.91 Å². The van der Waals surface area contributed by atoms with E-state index in [2.05, 4.69) is 17.6 Å². The molecule has 1 fully saturated rings. The molecule has 1 aromatic carbocycles. The normalized spacial score (nSPS) is 20.6. The van der Waals surface area contributed by atoms with E-state index in [0.717, 1.165) is 12.0 Å². The summed E-state index contributed by atoms with van der Waals surface area (Å²) >= 11 is 0. The van der Waals surface area contributed by atoms with Crippen LogP contribution in [-0.4, -0.2) is 23.6 Å². The number of benzene rings is 1. The molecule has 5 nitrogen and oxygen atoms in total. The third-order valence-corrected chi connectivity index (χ3v) is 4.48. The number of hydrogen-bond acceptors (Lipinski definition) is 3. The van der Waals surface area contributed by atoms with Gasteiger partial charge in [-0.05, 0) is 57.2 Å². The van der Waals surface area contributed by atoms with E-state index in [9.17, 15) is 9.59 Å². The quantitative estimate of drug-likeness (QED) is 0.865. The van der Waals surface area contributed by atoms with Gasteiger partial charge in [-0.3, -0.25) is 4.79 Å². The first-order valence-corrected chi connectivity index (χ1v) is 9.11. The molecule has 0 spiro atoms. The van der Waals surface area contributed by atoms with E-state index in [1.54, 1.807) is 12.1 Å². The Morgan fingerprint density at radius 1 is 1.12 bits per heavy atom. The van der Waals surface area contributed by atoms with Crippen LogP contribution in [0.15, 0.2) is 24.3 Å². The predicted octanol–water partition coefficient (Wildman–Crippen LogP) is 4.02. The van der Waals surface area contributed by atoms with Crippen molar-refractivity contribution in [2.75, 3.05) is 0 Å². The van der Waals surface area contributed by atoms with Gasteiger partial charge in [0.2, 0.25) is 0 Å². The molecule has 0 aliphatic heterocycles. The number of amides is 2. The highest BCUT2D eigenvalue weighted by Gasteiger charge is 2.23.